The molecule has 0 aliphatic heterocycles. The van der Waals surface area contributed by atoms with Gasteiger partial charge in [-0.25, -0.2) is 0 Å². The van der Waals surface area contributed by atoms with E-state index >= 15 is 0 Å². The van der Waals surface area contributed by atoms with Crippen LogP contribution < -0.4 is 0 Å². The first kappa shape index (κ1) is 14.9. The summed E-state index contributed by atoms with van der Waals surface area (Å²) in [7, 11) is 0. The summed E-state index contributed by atoms with van der Waals surface area (Å²) in [5.74, 6) is 4.01. The van der Waals surface area contributed by atoms with Gasteiger partial charge in [0.1, 0.15) is 0 Å². The Bertz CT molecular complexity index is 283. The van der Waals surface area contributed by atoms with E-state index in [9.17, 15) is 0 Å². The minimum Gasteiger partial charge on any atom is -0.0917 e. The van der Waals surface area contributed by atoms with Crippen molar-refractivity contribution in [2.45, 2.75) is 71.6 Å². The average molecular weight is 260 g/mol. The van der Waals surface area contributed by atoms with Crippen molar-refractivity contribution in [1.82, 2.24) is 0 Å². The molecule has 0 saturated heterocycles. The predicted molar refractivity (Wildman–Crippen MR) is 85.1 cm³/mol. The summed E-state index contributed by atoms with van der Waals surface area (Å²) in [4.78, 5) is 0. The third kappa shape index (κ3) is 4.51. The summed E-state index contributed by atoms with van der Waals surface area (Å²) >= 11 is 0. The second kappa shape index (κ2) is 7.92. The Morgan fingerprint density at radius 2 is 1.32 bits per heavy atom. The molecule has 108 valence electrons. The molecule has 2 fully saturated rings. The molecule has 0 spiro atoms. The Balaban J connectivity index is 1.70. The summed E-state index contributed by atoms with van der Waals surface area (Å²) in [6.07, 6.45) is 22.5. The van der Waals surface area contributed by atoms with Crippen LogP contribution in [0.1, 0.15) is 71.6 Å². The van der Waals surface area contributed by atoms with E-state index in [0.29, 0.717) is 0 Å². The van der Waals surface area contributed by atoms with Gasteiger partial charge < -0.3 is 0 Å². The quantitative estimate of drug-likeness (QED) is 0.532. The largest absolute Gasteiger partial charge is 0.0917 e. The van der Waals surface area contributed by atoms with E-state index in [2.05, 4.69) is 38.2 Å². The van der Waals surface area contributed by atoms with Crippen molar-refractivity contribution in [2.75, 3.05) is 0 Å². The molecule has 0 amide bonds. The molecule has 2 rings (SSSR count). The second-order valence-electron chi connectivity index (χ2n) is 6.79. The summed E-state index contributed by atoms with van der Waals surface area (Å²) in [6, 6.07) is 0. The molecular weight excluding hydrogens is 228 g/mol. The smallest absolute Gasteiger partial charge is 0.0233 e. The molecule has 0 aromatic rings. The zero-order valence-electron chi connectivity index (χ0n) is 13.0. The van der Waals surface area contributed by atoms with E-state index in [4.69, 9.17) is 0 Å². The molecule has 0 heterocycles. The van der Waals surface area contributed by atoms with Crippen molar-refractivity contribution in [1.29, 1.82) is 0 Å². The number of allylic oxidation sites excluding steroid dienone is 4. The zero-order chi connectivity index (χ0) is 13.5. The van der Waals surface area contributed by atoms with Crippen molar-refractivity contribution in [2.24, 2.45) is 23.7 Å². The van der Waals surface area contributed by atoms with Gasteiger partial charge in [0.25, 0.3) is 0 Å². The highest BCUT2D eigenvalue weighted by Gasteiger charge is 2.29. The monoisotopic (exact) mass is 260 g/mol. The van der Waals surface area contributed by atoms with Gasteiger partial charge >= 0.3 is 0 Å². The number of rotatable bonds is 4. The molecule has 0 atom stereocenters. The highest BCUT2D eigenvalue weighted by molar-refractivity contribution is 4.91. The molecule has 0 unspecified atom stereocenters. The third-order valence-electron chi connectivity index (χ3n) is 5.54. The highest BCUT2D eigenvalue weighted by atomic mass is 14.3. The van der Waals surface area contributed by atoms with Crippen molar-refractivity contribution in [3.63, 3.8) is 0 Å². The maximum atomic E-state index is 2.43. The molecule has 19 heavy (non-hydrogen) atoms. The van der Waals surface area contributed by atoms with Crippen molar-refractivity contribution >= 4 is 0 Å². The Hall–Kier alpha value is -0.520. The lowest BCUT2D eigenvalue weighted by molar-refractivity contribution is 0.156. The second-order valence-corrected chi connectivity index (χ2v) is 6.79. The Morgan fingerprint density at radius 1 is 0.737 bits per heavy atom. The molecule has 0 bridgehead atoms. The SMILES string of the molecule is C/C=C\CC1CCC(C2CCC(/C=C/C)CC2)CC1. The molecule has 2 aliphatic carbocycles. The van der Waals surface area contributed by atoms with Crippen LogP contribution in [-0.4, -0.2) is 0 Å². The van der Waals surface area contributed by atoms with E-state index < -0.39 is 0 Å². The molecule has 2 saturated carbocycles. The van der Waals surface area contributed by atoms with Gasteiger partial charge in [0, 0.05) is 0 Å². The van der Waals surface area contributed by atoms with Crippen LogP contribution in [0.15, 0.2) is 24.3 Å². The molecule has 0 heteroatoms. The summed E-state index contributed by atoms with van der Waals surface area (Å²) in [5.41, 5.74) is 0. The highest BCUT2D eigenvalue weighted by Crippen LogP contribution is 2.42. The lowest BCUT2D eigenvalue weighted by Crippen LogP contribution is -2.25. The first-order chi connectivity index (χ1) is 9.33. The van der Waals surface area contributed by atoms with Crippen LogP contribution in [0.3, 0.4) is 0 Å². The van der Waals surface area contributed by atoms with Gasteiger partial charge in [-0.3, -0.25) is 0 Å². The van der Waals surface area contributed by atoms with E-state index in [1.54, 1.807) is 0 Å². The standard InChI is InChI=1S/C19H32/c1-3-5-7-17-10-14-19(15-11-17)18-12-8-16(6-4-2)9-13-18/h3-6,16-19H,7-15H2,1-2H3/b5-3-,6-4+. The van der Waals surface area contributed by atoms with Crippen LogP contribution in [0.25, 0.3) is 0 Å². The van der Waals surface area contributed by atoms with Crippen molar-refractivity contribution in [3.05, 3.63) is 24.3 Å². The van der Waals surface area contributed by atoms with Gasteiger partial charge in [0.05, 0.1) is 0 Å². The predicted octanol–water partition coefficient (Wildman–Crippen LogP) is 6.14. The summed E-state index contributed by atoms with van der Waals surface area (Å²) < 4.78 is 0. The summed E-state index contributed by atoms with van der Waals surface area (Å²) in [5, 5.41) is 0. The van der Waals surface area contributed by atoms with Gasteiger partial charge in [0.15, 0.2) is 0 Å². The van der Waals surface area contributed by atoms with E-state index in [-0.39, 0.29) is 0 Å². The van der Waals surface area contributed by atoms with E-state index in [1.807, 2.05) is 0 Å². The summed E-state index contributed by atoms with van der Waals surface area (Å²) in [6.45, 7) is 4.31. The topological polar surface area (TPSA) is 0 Å². The van der Waals surface area contributed by atoms with Crippen LogP contribution in [-0.2, 0) is 0 Å². The number of hydrogen-bond acceptors (Lipinski definition) is 0. The van der Waals surface area contributed by atoms with Gasteiger partial charge in [-0.15, -0.1) is 0 Å². The minimum atomic E-state index is 0.896. The lowest BCUT2D eigenvalue weighted by atomic mass is 9.69. The average Bonchev–Trinajstić information content (AvgIpc) is 2.47. The maximum Gasteiger partial charge on any atom is -0.0233 e. The normalized spacial score (nSPS) is 37.2. The van der Waals surface area contributed by atoms with Crippen molar-refractivity contribution < 1.29 is 0 Å². The molecule has 0 nitrogen and oxygen atoms in total. The first-order valence-corrected chi connectivity index (χ1v) is 8.57. The van der Waals surface area contributed by atoms with E-state index in [0.717, 1.165) is 23.7 Å². The van der Waals surface area contributed by atoms with Gasteiger partial charge in [-0.1, -0.05) is 24.3 Å². The van der Waals surface area contributed by atoms with Gasteiger partial charge in [-0.2, -0.15) is 0 Å². The van der Waals surface area contributed by atoms with Gasteiger partial charge in [-0.05, 0) is 95.3 Å². The maximum absolute atomic E-state index is 2.43. The molecule has 0 N–H and O–H groups in total. The minimum absolute atomic E-state index is 0.896. The Morgan fingerprint density at radius 3 is 1.84 bits per heavy atom. The lowest BCUT2D eigenvalue weighted by Gasteiger charge is -2.37. The fourth-order valence-corrected chi connectivity index (χ4v) is 4.30. The molecular formula is C19H32. The Labute approximate surface area is 120 Å². The van der Waals surface area contributed by atoms with Crippen molar-refractivity contribution in [3.8, 4) is 0 Å². The zero-order valence-corrected chi connectivity index (χ0v) is 13.0. The van der Waals surface area contributed by atoms with Crippen LogP contribution in [0.2, 0.25) is 0 Å². The fraction of sp³-hybridized carbons (Fsp3) is 0.789. The van der Waals surface area contributed by atoms with Crippen LogP contribution in [0.4, 0.5) is 0 Å². The third-order valence-corrected chi connectivity index (χ3v) is 5.54. The molecule has 0 aromatic carbocycles. The number of hydrogen-bond donors (Lipinski definition) is 0. The van der Waals surface area contributed by atoms with E-state index in [1.165, 1.54) is 57.8 Å². The molecule has 0 radical (unpaired) electrons. The Kier molecular flexibility index (Phi) is 6.20. The van der Waals surface area contributed by atoms with Crippen LogP contribution in [0.5, 0.6) is 0 Å². The van der Waals surface area contributed by atoms with Gasteiger partial charge in [0.2, 0.25) is 0 Å². The first-order valence-electron chi connectivity index (χ1n) is 8.57. The van der Waals surface area contributed by atoms with Crippen LogP contribution >= 0.6 is 0 Å². The fourth-order valence-electron chi connectivity index (χ4n) is 4.30. The molecule has 0 aromatic heterocycles. The molecule has 2 aliphatic rings. The van der Waals surface area contributed by atoms with Crippen LogP contribution in [0, 0.1) is 23.7 Å².